The summed E-state index contributed by atoms with van der Waals surface area (Å²) in [6.07, 6.45) is 1.73. The molecule has 4 rings (SSSR count). The highest BCUT2D eigenvalue weighted by molar-refractivity contribution is 6.03. The number of urea groups is 1. The van der Waals surface area contributed by atoms with E-state index < -0.39 is 30.0 Å². The van der Waals surface area contributed by atoms with Crippen LogP contribution in [0.1, 0.15) is 47.2 Å². The molecule has 0 spiro atoms. The fourth-order valence-electron chi connectivity index (χ4n) is 4.30. The van der Waals surface area contributed by atoms with Crippen LogP contribution in [0, 0.1) is 5.53 Å². The third-order valence-corrected chi connectivity index (χ3v) is 6.30. The maximum absolute atomic E-state index is 13.4. The van der Waals surface area contributed by atoms with Gasteiger partial charge in [0.2, 0.25) is 5.96 Å². The van der Waals surface area contributed by atoms with Crippen molar-refractivity contribution in [3.05, 3.63) is 95.6 Å². The van der Waals surface area contributed by atoms with Gasteiger partial charge in [0.05, 0.1) is 6.54 Å². The summed E-state index contributed by atoms with van der Waals surface area (Å²) in [6.45, 7) is 0.116. The fraction of sp³-hybridized carbons (Fsp3) is 0.207. The molecule has 0 atom stereocenters. The number of amides is 3. The number of carbonyl (C=O) groups excluding carboxylic acids is 2. The van der Waals surface area contributed by atoms with Crippen LogP contribution in [0.3, 0.4) is 0 Å². The zero-order chi connectivity index (χ0) is 29.4. The third-order valence-electron chi connectivity index (χ3n) is 6.30. The van der Waals surface area contributed by atoms with Gasteiger partial charge in [-0.25, -0.2) is 10.3 Å². The molecule has 212 valence electrons. The van der Waals surface area contributed by atoms with Crippen molar-refractivity contribution in [3.8, 4) is 5.75 Å². The van der Waals surface area contributed by atoms with Gasteiger partial charge >= 0.3 is 12.4 Å². The average Bonchev–Trinajstić information content (AvgIpc) is 2.97. The molecule has 0 radical (unpaired) electrons. The molecule has 0 fully saturated rings. The Morgan fingerprint density at radius 2 is 1.66 bits per heavy atom. The van der Waals surface area contributed by atoms with Crippen molar-refractivity contribution < 1.29 is 27.5 Å². The van der Waals surface area contributed by atoms with Crippen LogP contribution in [0.15, 0.2) is 89.0 Å². The Hall–Kier alpha value is -5.00. The SMILES string of the molecule is N=NC(N)=NC(=O)c1ccc(CN(C(=O)Nc2ccc(OC(F)(F)F)cc2)c2ccc(C3=CCCCC3)cc2)cc1. The molecule has 12 heteroatoms. The smallest absolute Gasteiger partial charge is 0.406 e. The molecule has 4 N–H and O–H groups in total. The van der Waals surface area contributed by atoms with Gasteiger partial charge in [0.1, 0.15) is 5.75 Å². The molecule has 1 aliphatic rings. The highest BCUT2D eigenvalue weighted by Gasteiger charge is 2.31. The van der Waals surface area contributed by atoms with Crippen LogP contribution in [0.2, 0.25) is 0 Å². The standard InChI is InChI=1S/C29H27F3N6O3/c30-29(31,32)41-25-16-12-23(13-17-25)35-28(40)38(24-14-10-21(11-15-24)20-4-2-1-3-5-20)18-19-6-8-22(9-7-19)26(39)36-27(33)37-34/h4,6-17,34H,1-3,5,18H2,(H,35,40)(H2,33,36,39). The number of carbonyl (C=O) groups is 2. The monoisotopic (exact) mass is 564 g/mol. The molecule has 0 bridgehead atoms. The number of hydrogen-bond acceptors (Lipinski definition) is 4. The highest BCUT2D eigenvalue weighted by atomic mass is 19.4. The molecule has 0 saturated heterocycles. The van der Waals surface area contributed by atoms with Crippen molar-refractivity contribution in [2.24, 2.45) is 15.8 Å². The van der Waals surface area contributed by atoms with Gasteiger partial charge in [-0.05, 0) is 90.9 Å². The minimum absolute atomic E-state index is 0.116. The lowest BCUT2D eigenvalue weighted by atomic mass is 9.93. The number of ether oxygens (including phenoxy) is 1. The van der Waals surface area contributed by atoms with Gasteiger partial charge in [-0.2, -0.15) is 4.99 Å². The molecule has 3 aromatic rings. The number of hydrogen-bond donors (Lipinski definition) is 3. The summed E-state index contributed by atoms with van der Waals surface area (Å²) >= 11 is 0. The predicted molar refractivity (Wildman–Crippen MR) is 149 cm³/mol. The van der Waals surface area contributed by atoms with Crippen molar-refractivity contribution in [2.45, 2.75) is 38.6 Å². The molecule has 3 amide bonds. The summed E-state index contributed by atoms with van der Waals surface area (Å²) in [5.41, 5.74) is 16.3. The number of anilines is 2. The summed E-state index contributed by atoms with van der Waals surface area (Å²) < 4.78 is 41.4. The molecule has 1 aliphatic carbocycles. The fourth-order valence-corrected chi connectivity index (χ4v) is 4.30. The van der Waals surface area contributed by atoms with Crippen LogP contribution in [-0.4, -0.2) is 24.3 Å². The summed E-state index contributed by atoms with van der Waals surface area (Å²) in [6, 6.07) is 18.3. The number of alkyl halides is 3. The maximum atomic E-state index is 13.4. The second-order valence-corrected chi connectivity index (χ2v) is 9.19. The van der Waals surface area contributed by atoms with E-state index >= 15 is 0 Å². The van der Waals surface area contributed by atoms with Crippen molar-refractivity contribution in [1.29, 1.82) is 5.53 Å². The van der Waals surface area contributed by atoms with Crippen LogP contribution in [-0.2, 0) is 6.54 Å². The molecule has 0 aromatic heterocycles. The van der Waals surface area contributed by atoms with Crippen molar-refractivity contribution in [3.63, 3.8) is 0 Å². The first kappa shape index (κ1) is 29.0. The average molecular weight is 565 g/mol. The summed E-state index contributed by atoms with van der Waals surface area (Å²) in [5.74, 6) is -1.53. The summed E-state index contributed by atoms with van der Waals surface area (Å²) in [5, 5.41) is 5.61. The Morgan fingerprint density at radius 3 is 2.24 bits per heavy atom. The summed E-state index contributed by atoms with van der Waals surface area (Å²) in [7, 11) is 0. The van der Waals surface area contributed by atoms with Crippen molar-refractivity contribution >= 4 is 34.8 Å². The molecule has 0 unspecified atom stereocenters. The second kappa shape index (κ2) is 12.9. The molecule has 9 nitrogen and oxygen atoms in total. The Morgan fingerprint density at radius 1 is 0.976 bits per heavy atom. The quantitative estimate of drug-likeness (QED) is 0.158. The van der Waals surface area contributed by atoms with E-state index in [2.05, 4.69) is 26.2 Å². The van der Waals surface area contributed by atoms with E-state index in [9.17, 15) is 22.8 Å². The summed E-state index contributed by atoms with van der Waals surface area (Å²) in [4.78, 5) is 30.6. The number of halogens is 3. The van der Waals surface area contributed by atoms with Gasteiger partial charge in [-0.1, -0.05) is 30.3 Å². The van der Waals surface area contributed by atoms with Crippen LogP contribution >= 0.6 is 0 Å². The first-order valence-electron chi connectivity index (χ1n) is 12.7. The first-order chi connectivity index (χ1) is 19.6. The molecule has 0 heterocycles. The normalized spacial score (nSPS) is 13.6. The lowest BCUT2D eigenvalue weighted by Gasteiger charge is -2.24. The van der Waals surface area contributed by atoms with Crippen molar-refractivity contribution in [1.82, 2.24) is 0 Å². The topological polar surface area (TPSA) is 133 Å². The highest BCUT2D eigenvalue weighted by Crippen LogP contribution is 2.29. The maximum Gasteiger partial charge on any atom is 0.573 e. The number of benzene rings is 3. The van der Waals surface area contributed by atoms with E-state index in [1.807, 2.05) is 24.3 Å². The van der Waals surface area contributed by atoms with Crippen LogP contribution in [0.25, 0.3) is 5.57 Å². The molecular formula is C29H27F3N6O3. The number of nitrogens with two attached hydrogens (primary N) is 1. The Balaban J connectivity index is 1.56. The number of nitrogens with one attached hydrogen (secondary N) is 2. The van der Waals surface area contributed by atoms with E-state index in [1.165, 1.54) is 41.2 Å². The number of nitrogens with zero attached hydrogens (tertiary/aromatic N) is 3. The lowest BCUT2D eigenvalue weighted by Crippen LogP contribution is -2.34. The van der Waals surface area contributed by atoms with Gasteiger partial charge in [0, 0.05) is 16.9 Å². The van der Waals surface area contributed by atoms with E-state index in [-0.39, 0.29) is 17.8 Å². The minimum atomic E-state index is -4.82. The van der Waals surface area contributed by atoms with E-state index in [4.69, 9.17) is 11.3 Å². The largest absolute Gasteiger partial charge is 0.573 e. The first-order valence-corrected chi connectivity index (χ1v) is 12.7. The zero-order valence-corrected chi connectivity index (χ0v) is 21.8. The van der Waals surface area contributed by atoms with E-state index in [0.29, 0.717) is 11.3 Å². The van der Waals surface area contributed by atoms with Gasteiger partial charge in [0.15, 0.2) is 0 Å². The van der Waals surface area contributed by atoms with Crippen LogP contribution < -0.4 is 20.7 Å². The van der Waals surface area contributed by atoms with Crippen molar-refractivity contribution in [2.75, 3.05) is 10.2 Å². The second-order valence-electron chi connectivity index (χ2n) is 9.19. The Labute approximate surface area is 234 Å². The van der Waals surface area contributed by atoms with Gasteiger partial charge < -0.3 is 15.8 Å². The van der Waals surface area contributed by atoms with Gasteiger partial charge in [-0.15, -0.1) is 18.3 Å². The molecule has 3 aromatic carbocycles. The minimum Gasteiger partial charge on any atom is -0.406 e. The predicted octanol–water partition coefficient (Wildman–Crippen LogP) is 7.27. The molecule has 0 saturated carbocycles. The lowest BCUT2D eigenvalue weighted by molar-refractivity contribution is -0.274. The van der Waals surface area contributed by atoms with E-state index in [0.717, 1.165) is 37.0 Å². The molecule has 0 aliphatic heterocycles. The number of aliphatic imine (C=N–C) groups is 1. The Bertz CT molecular complexity index is 1450. The third kappa shape index (κ3) is 8.24. The molecule has 41 heavy (non-hydrogen) atoms. The number of guanidine groups is 1. The number of allylic oxidation sites excluding steroid dienone is 2. The number of rotatable bonds is 7. The van der Waals surface area contributed by atoms with E-state index in [1.54, 1.807) is 12.1 Å². The zero-order valence-electron chi connectivity index (χ0n) is 21.8. The van der Waals surface area contributed by atoms with Gasteiger partial charge in [-0.3, -0.25) is 9.69 Å². The van der Waals surface area contributed by atoms with Gasteiger partial charge in [0.25, 0.3) is 5.91 Å². The van der Waals surface area contributed by atoms with Crippen LogP contribution in [0.5, 0.6) is 5.75 Å². The van der Waals surface area contributed by atoms with Crippen LogP contribution in [0.4, 0.5) is 29.3 Å². The molecular weight excluding hydrogens is 537 g/mol. The Kier molecular flexibility index (Phi) is 9.12.